The molecule has 0 unspecified atom stereocenters. The molecule has 0 rings (SSSR count). The van der Waals surface area contributed by atoms with Gasteiger partial charge in [-0.15, -0.1) is 12.4 Å². The van der Waals surface area contributed by atoms with E-state index in [-0.39, 0.29) is 19.0 Å². The van der Waals surface area contributed by atoms with Crippen molar-refractivity contribution in [3.05, 3.63) is 0 Å². The minimum Gasteiger partial charge on any atom is -0.367 e. The Bertz CT molecular complexity index is 43.0. The molecule has 3 nitrogen and oxygen atoms in total. The van der Waals surface area contributed by atoms with Gasteiger partial charge in [-0.3, -0.25) is 0 Å². The highest BCUT2D eigenvalue weighted by atomic mass is 35.5. The number of hydrogen-bond acceptors (Lipinski definition) is 3. The van der Waals surface area contributed by atoms with E-state index >= 15 is 0 Å². The summed E-state index contributed by atoms with van der Waals surface area (Å²) >= 11 is 0. The Morgan fingerprint density at radius 3 is 2.12 bits per heavy atom. The van der Waals surface area contributed by atoms with E-state index in [1.54, 1.807) is 0 Å². The number of halogens is 1. The van der Waals surface area contributed by atoms with E-state index < -0.39 is 6.29 Å². The van der Waals surface area contributed by atoms with Gasteiger partial charge in [-0.25, -0.2) is 0 Å². The van der Waals surface area contributed by atoms with Gasteiger partial charge in [-0.1, -0.05) is 6.92 Å². The lowest BCUT2D eigenvalue weighted by Crippen LogP contribution is -2.25. The standard InChI is InChI=1S/C4H11NO2.ClH/c1-2-5-3-4(6)7;/h4-7H,2-3H2,1H3;1H. The van der Waals surface area contributed by atoms with Crippen LogP contribution in [0.5, 0.6) is 0 Å². The highest BCUT2D eigenvalue weighted by Gasteiger charge is 1.90. The molecule has 0 radical (unpaired) electrons. The fourth-order valence-corrected chi connectivity index (χ4v) is 0.273. The van der Waals surface area contributed by atoms with Gasteiger partial charge < -0.3 is 15.5 Å². The molecule has 0 saturated heterocycles. The second kappa shape index (κ2) is 7.17. The summed E-state index contributed by atoms with van der Waals surface area (Å²) in [6.45, 7) is 2.94. The van der Waals surface area contributed by atoms with Crippen LogP contribution in [0.3, 0.4) is 0 Å². The maximum atomic E-state index is 8.18. The van der Waals surface area contributed by atoms with E-state index in [1.165, 1.54) is 0 Å². The first-order valence-electron chi connectivity index (χ1n) is 2.34. The monoisotopic (exact) mass is 141 g/mol. The SMILES string of the molecule is CCNCC(O)O.Cl. The highest BCUT2D eigenvalue weighted by Crippen LogP contribution is 1.66. The molecule has 0 aromatic carbocycles. The topological polar surface area (TPSA) is 52.5 Å². The molecule has 0 aromatic rings. The zero-order chi connectivity index (χ0) is 5.70. The first-order chi connectivity index (χ1) is 3.27. The van der Waals surface area contributed by atoms with Crippen LogP contribution in [-0.4, -0.2) is 29.6 Å². The van der Waals surface area contributed by atoms with Crippen molar-refractivity contribution in [3.63, 3.8) is 0 Å². The van der Waals surface area contributed by atoms with Crippen LogP contribution < -0.4 is 5.32 Å². The maximum absolute atomic E-state index is 8.18. The van der Waals surface area contributed by atoms with Gasteiger partial charge >= 0.3 is 0 Å². The Balaban J connectivity index is 0. The summed E-state index contributed by atoms with van der Waals surface area (Å²) in [5.74, 6) is 0. The first kappa shape index (κ1) is 11.0. The molecule has 8 heavy (non-hydrogen) atoms. The normalized spacial score (nSPS) is 9.00. The Morgan fingerprint density at radius 1 is 1.50 bits per heavy atom. The van der Waals surface area contributed by atoms with Gasteiger partial charge in [-0.2, -0.15) is 0 Å². The third-order valence-corrected chi connectivity index (χ3v) is 0.577. The van der Waals surface area contributed by atoms with Crippen LogP contribution in [0.4, 0.5) is 0 Å². The predicted molar refractivity (Wildman–Crippen MR) is 34.0 cm³/mol. The molecular weight excluding hydrogens is 130 g/mol. The Hall–Kier alpha value is 0.170. The number of aliphatic hydroxyl groups is 2. The van der Waals surface area contributed by atoms with Gasteiger partial charge in [0.25, 0.3) is 0 Å². The molecule has 3 N–H and O–H groups in total. The summed E-state index contributed by atoms with van der Waals surface area (Å²) in [4.78, 5) is 0. The first-order valence-corrected chi connectivity index (χ1v) is 2.34. The number of hydrogen-bond donors (Lipinski definition) is 3. The Kier molecular flexibility index (Phi) is 9.89. The summed E-state index contributed by atoms with van der Waals surface area (Å²) in [6.07, 6.45) is -1.21. The van der Waals surface area contributed by atoms with Crippen LogP contribution in [0, 0.1) is 0 Å². The lowest BCUT2D eigenvalue weighted by atomic mass is 10.6. The quantitative estimate of drug-likeness (QED) is 0.457. The summed E-state index contributed by atoms with van der Waals surface area (Å²) < 4.78 is 0. The second-order valence-corrected chi connectivity index (χ2v) is 1.29. The average molecular weight is 142 g/mol. The molecule has 52 valence electrons. The number of nitrogens with one attached hydrogen (secondary N) is 1. The minimum atomic E-state index is -1.21. The van der Waals surface area contributed by atoms with Crippen LogP contribution in [0.1, 0.15) is 6.92 Å². The molecule has 4 heteroatoms. The third-order valence-electron chi connectivity index (χ3n) is 0.577. The van der Waals surface area contributed by atoms with Crippen molar-refractivity contribution in [1.82, 2.24) is 5.32 Å². The van der Waals surface area contributed by atoms with E-state index in [2.05, 4.69) is 5.32 Å². The minimum absolute atomic E-state index is 0. The average Bonchev–Trinajstić information content (AvgIpc) is 1.61. The van der Waals surface area contributed by atoms with Crippen molar-refractivity contribution in [1.29, 1.82) is 0 Å². The van der Waals surface area contributed by atoms with Crippen LogP contribution in [-0.2, 0) is 0 Å². The molecule has 0 bridgehead atoms. The molecule has 0 heterocycles. The fraction of sp³-hybridized carbons (Fsp3) is 1.00. The Morgan fingerprint density at radius 2 is 2.00 bits per heavy atom. The van der Waals surface area contributed by atoms with Crippen molar-refractivity contribution in [2.45, 2.75) is 13.2 Å². The lowest BCUT2D eigenvalue weighted by molar-refractivity contribution is -0.0368. The van der Waals surface area contributed by atoms with Gasteiger partial charge in [0.15, 0.2) is 6.29 Å². The molecule has 0 amide bonds. The van der Waals surface area contributed by atoms with Gasteiger partial charge in [0, 0.05) is 6.54 Å². The number of rotatable bonds is 3. The third kappa shape index (κ3) is 9.48. The molecule has 0 fully saturated rings. The zero-order valence-corrected chi connectivity index (χ0v) is 5.61. The number of likely N-dealkylation sites (N-methyl/N-ethyl adjacent to an activating group) is 1. The smallest absolute Gasteiger partial charge is 0.164 e. The van der Waals surface area contributed by atoms with Crippen molar-refractivity contribution < 1.29 is 10.2 Å². The van der Waals surface area contributed by atoms with Crippen LogP contribution in [0.2, 0.25) is 0 Å². The van der Waals surface area contributed by atoms with E-state index in [1.807, 2.05) is 6.92 Å². The molecule has 0 atom stereocenters. The van der Waals surface area contributed by atoms with Crippen molar-refractivity contribution in [2.75, 3.05) is 13.1 Å². The van der Waals surface area contributed by atoms with Gasteiger partial charge in [0.1, 0.15) is 0 Å². The lowest BCUT2D eigenvalue weighted by Gasteiger charge is -2.00. The van der Waals surface area contributed by atoms with E-state index in [0.717, 1.165) is 6.54 Å². The molecule has 0 aliphatic heterocycles. The predicted octanol–water partition coefficient (Wildman–Crippen LogP) is -0.672. The molecule has 0 saturated carbocycles. The zero-order valence-electron chi connectivity index (χ0n) is 4.79. The van der Waals surface area contributed by atoms with E-state index in [4.69, 9.17) is 10.2 Å². The summed E-state index contributed by atoms with van der Waals surface area (Å²) in [5, 5.41) is 19.1. The van der Waals surface area contributed by atoms with Gasteiger partial charge in [0.2, 0.25) is 0 Å². The van der Waals surface area contributed by atoms with Crippen molar-refractivity contribution in [3.8, 4) is 0 Å². The molecule has 0 spiro atoms. The summed E-state index contributed by atoms with van der Waals surface area (Å²) in [6, 6.07) is 0. The van der Waals surface area contributed by atoms with E-state index in [0.29, 0.717) is 0 Å². The summed E-state index contributed by atoms with van der Waals surface area (Å²) in [5.41, 5.74) is 0. The van der Waals surface area contributed by atoms with Crippen LogP contribution >= 0.6 is 12.4 Å². The number of aliphatic hydroxyl groups excluding tert-OH is 1. The summed E-state index contributed by atoms with van der Waals surface area (Å²) in [7, 11) is 0. The highest BCUT2D eigenvalue weighted by molar-refractivity contribution is 5.85. The molecular formula is C4H12ClNO2. The van der Waals surface area contributed by atoms with Gasteiger partial charge in [-0.05, 0) is 6.54 Å². The fourth-order valence-electron chi connectivity index (χ4n) is 0.273. The Labute approximate surface area is 55.1 Å². The molecule has 0 aliphatic rings. The maximum Gasteiger partial charge on any atom is 0.164 e. The van der Waals surface area contributed by atoms with Crippen LogP contribution in [0.25, 0.3) is 0 Å². The van der Waals surface area contributed by atoms with Crippen molar-refractivity contribution in [2.24, 2.45) is 0 Å². The van der Waals surface area contributed by atoms with Gasteiger partial charge in [0.05, 0.1) is 0 Å². The molecule has 0 aromatic heterocycles. The van der Waals surface area contributed by atoms with E-state index in [9.17, 15) is 0 Å². The molecule has 0 aliphatic carbocycles. The second-order valence-electron chi connectivity index (χ2n) is 1.29. The van der Waals surface area contributed by atoms with Crippen molar-refractivity contribution >= 4 is 12.4 Å². The largest absolute Gasteiger partial charge is 0.367 e. The van der Waals surface area contributed by atoms with Crippen LogP contribution in [0.15, 0.2) is 0 Å².